The maximum Gasteiger partial charge on any atom is 0.132 e. The summed E-state index contributed by atoms with van der Waals surface area (Å²) in [6, 6.07) is 19.0. The lowest BCUT2D eigenvalue weighted by Gasteiger charge is -2.40. The van der Waals surface area contributed by atoms with E-state index in [2.05, 4.69) is 55.6 Å². The number of hydrogen-bond donors (Lipinski definition) is 3. The standard InChI is InChI=1S/C25H28O4S3/c1-14-4-5-16(24-22(27)21(26)23(28)25(29-24)31-3)12-17(14)13-19-10-11-20(32-19)15-6-8-18(30-2)9-7-15/h4-12,21-28H,13H2,1-3H3/t21-,22-,23+,24+,25-/m1/s1. The van der Waals surface area contributed by atoms with Gasteiger partial charge in [-0.1, -0.05) is 30.3 Å². The zero-order valence-corrected chi connectivity index (χ0v) is 20.7. The van der Waals surface area contributed by atoms with Gasteiger partial charge in [0.1, 0.15) is 29.9 Å². The smallest absolute Gasteiger partial charge is 0.132 e. The van der Waals surface area contributed by atoms with Gasteiger partial charge in [0.2, 0.25) is 0 Å². The van der Waals surface area contributed by atoms with Crippen molar-refractivity contribution in [1.29, 1.82) is 0 Å². The van der Waals surface area contributed by atoms with E-state index >= 15 is 0 Å². The van der Waals surface area contributed by atoms with Crippen LogP contribution < -0.4 is 0 Å². The van der Waals surface area contributed by atoms with Gasteiger partial charge in [-0.2, -0.15) is 0 Å². The predicted octanol–water partition coefficient (Wildman–Crippen LogP) is 4.88. The highest BCUT2D eigenvalue weighted by molar-refractivity contribution is 7.99. The van der Waals surface area contributed by atoms with Crippen molar-refractivity contribution < 1.29 is 20.1 Å². The molecule has 4 rings (SSSR count). The molecule has 0 unspecified atom stereocenters. The number of aliphatic hydroxyl groups is 3. The van der Waals surface area contributed by atoms with Gasteiger partial charge in [-0.25, -0.2) is 0 Å². The Morgan fingerprint density at radius 3 is 2.34 bits per heavy atom. The summed E-state index contributed by atoms with van der Waals surface area (Å²) in [5, 5.41) is 31.0. The molecule has 1 fully saturated rings. The minimum Gasteiger partial charge on any atom is -0.387 e. The summed E-state index contributed by atoms with van der Waals surface area (Å²) in [4.78, 5) is 3.76. The topological polar surface area (TPSA) is 69.9 Å². The van der Waals surface area contributed by atoms with E-state index in [9.17, 15) is 15.3 Å². The highest BCUT2D eigenvalue weighted by Gasteiger charge is 2.44. The second-order valence-electron chi connectivity index (χ2n) is 7.99. The molecule has 170 valence electrons. The molecule has 32 heavy (non-hydrogen) atoms. The van der Waals surface area contributed by atoms with E-state index in [1.54, 1.807) is 23.1 Å². The fourth-order valence-electron chi connectivity index (χ4n) is 3.95. The summed E-state index contributed by atoms with van der Waals surface area (Å²) in [5.74, 6) is 0. The molecular formula is C25H28O4S3. The quantitative estimate of drug-likeness (QED) is 0.430. The Kier molecular flexibility index (Phi) is 7.67. The molecule has 1 aliphatic rings. The van der Waals surface area contributed by atoms with E-state index in [1.165, 1.54) is 37.5 Å². The SMILES string of the molecule is CSc1ccc(-c2ccc(Cc3cc([C@@H]4O[C@H](SC)[C@@H](O)[C@H](O)[C@H]4O)ccc3C)s2)cc1. The van der Waals surface area contributed by atoms with Crippen LogP contribution in [0.5, 0.6) is 0 Å². The predicted molar refractivity (Wildman–Crippen MR) is 135 cm³/mol. The number of aliphatic hydroxyl groups excluding tert-OH is 3. The minimum absolute atomic E-state index is 0.583. The largest absolute Gasteiger partial charge is 0.387 e. The Morgan fingerprint density at radius 1 is 0.906 bits per heavy atom. The fourth-order valence-corrected chi connectivity index (χ4v) is 6.06. The molecule has 1 aromatic heterocycles. The molecule has 5 atom stereocenters. The molecular weight excluding hydrogens is 460 g/mol. The lowest BCUT2D eigenvalue weighted by atomic mass is 9.92. The average Bonchev–Trinajstić information content (AvgIpc) is 3.28. The first-order valence-corrected chi connectivity index (χ1v) is 13.8. The molecule has 3 aromatic rings. The van der Waals surface area contributed by atoms with Crippen LogP contribution in [0.2, 0.25) is 0 Å². The van der Waals surface area contributed by atoms with Crippen LogP contribution in [0, 0.1) is 6.92 Å². The van der Waals surface area contributed by atoms with Crippen molar-refractivity contribution in [2.45, 2.75) is 48.1 Å². The number of thiophene rings is 1. The third-order valence-corrected chi connectivity index (χ3v) is 8.64. The first-order valence-electron chi connectivity index (χ1n) is 10.5. The fraction of sp³-hybridized carbons (Fsp3) is 0.360. The Balaban J connectivity index is 1.55. The van der Waals surface area contributed by atoms with Crippen LogP contribution in [0.15, 0.2) is 59.5 Å². The maximum atomic E-state index is 10.5. The van der Waals surface area contributed by atoms with Crippen molar-refractivity contribution >= 4 is 34.9 Å². The van der Waals surface area contributed by atoms with Crippen molar-refractivity contribution in [3.63, 3.8) is 0 Å². The second-order valence-corrected chi connectivity index (χ2v) is 11.0. The van der Waals surface area contributed by atoms with Gasteiger partial charge in [0.15, 0.2) is 0 Å². The zero-order chi connectivity index (χ0) is 22.8. The van der Waals surface area contributed by atoms with Gasteiger partial charge in [0, 0.05) is 21.1 Å². The summed E-state index contributed by atoms with van der Waals surface area (Å²) in [5.41, 5.74) is 3.78. The van der Waals surface area contributed by atoms with Crippen LogP contribution in [0.1, 0.15) is 27.7 Å². The van der Waals surface area contributed by atoms with E-state index in [-0.39, 0.29) is 0 Å². The molecule has 0 spiro atoms. The van der Waals surface area contributed by atoms with Gasteiger partial charge in [-0.3, -0.25) is 0 Å². The molecule has 0 bridgehead atoms. The van der Waals surface area contributed by atoms with Crippen LogP contribution >= 0.6 is 34.9 Å². The number of thioether (sulfide) groups is 2. The number of aryl methyl sites for hydroxylation is 1. The van der Waals surface area contributed by atoms with E-state index in [1.807, 2.05) is 18.4 Å². The molecule has 2 aromatic carbocycles. The Hall–Kier alpha value is -1.32. The molecule has 0 amide bonds. The Labute approximate surface area is 201 Å². The van der Waals surface area contributed by atoms with Crippen LogP contribution in [0.25, 0.3) is 10.4 Å². The van der Waals surface area contributed by atoms with E-state index < -0.39 is 29.9 Å². The monoisotopic (exact) mass is 488 g/mol. The molecule has 0 saturated carbocycles. The molecule has 1 saturated heterocycles. The van der Waals surface area contributed by atoms with Gasteiger partial charge < -0.3 is 20.1 Å². The highest BCUT2D eigenvalue weighted by atomic mass is 32.2. The van der Waals surface area contributed by atoms with Crippen molar-refractivity contribution in [2.75, 3.05) is 12.5 Å². The van der Waals surface area contributed by atoms with Crippen LogP contribution in [-0.4, -0.2) is 51.6 Å². The van der Waals surface area contributed by atoms with Crippen molar-refractivity contribution in [2.24, 2.45) is 0 Å². The van der Waals surface area contributed by atoms with E-state index in [0.717, 1.165) is 17.5 Å². The maximum absolute atomic E-state index is 10.5. The third-order valence-electron chi connectivity index (χ3n) is 5.90. The Bertz CT molecular complexity index is 1050. The lowest BCUT2D eigenvalue weighted by Crippen LogP contribution is -2.52. The molecule has 7 heteroatoms. The third kappa shape index (κ3) is 4.94. The van der Waals surface area contributed by atoms with Crippen LogP contribution in [0.4, 0.5) is 0 Å². The average molecular weight is 489 g/mol. The Morgan fingerprint density at radius 2 is 1.66 bits per heavy atom. The summed E-state index contributed by atoms with van der Waals surface area (Å²) in [6.07, 6.45) is 0.465. The zero-order valence-electron chi connectivity index (χ0n) is 18.3. The van der Waals surface area contributed by atoms with Gasteiger partial charge in [0.05, 0.1) is 0 Å². The van der Waals surface area contributed by atoms with Crippen molar-refractivity contribution in [3.05, 3.63) is 76.2 Å². The normalized spacial score (nSPS) is 25.8. The summed E-state index contributed by atoms with van der Waals surface area (Å²) in [6.45, 7) is 2.08. The summed E-state index contributed by atoms with van der Waals surface area (Å²) >= 11 is 4.85. The number of rotatable bonds is 6. The minimum atomic E-state index is -1.24. The van der Waals surface area contributed by atoms with Gasteiger partial charge >= 0.3 is 0 Å². The second kappa shape index (κ2) is 10.3. The molecule has 2 heterocycles. The van der Waals surface area contributed by atoms with E-state index in [4.69, 9.17) is 4.74 Å². The van der Waals surface area contributed by atoms with Crippen molar-refractivity contribution in [3.8, 4) is 10.4 Å². The molecule has 0 aliphatic carbocycles. The molecule has 0 radical (unpaired) electrons. The number of ether oxygens (including phenoxy) is 1. The van der Waals surface area contributed by atoms with E-state index in [0.29, 0.717) is 0 Å². The summed E-state index contributed by atoms with van der Waals surface area (Å²) in [7, 11) is 0. The van der Waals surface area contributed by atoms with Crippen LogP contribution in [-0.2, 0) is 11.2 Å². The first kappa shape index (κ1) is 23.8. The molecule has 3 N–H and O–H groups in total. The molecule has 1 aliphatic heterocycles. The van der Waals surface area contributed by atoms with Gasteiger partial charge in [0.25, 0.3) is 0 Å². The first-order chi connectivity index (χ1) is 15.4. The van der Waals surface area contributed by atoms with Crippen molar-refractivity contribution in [1.82, 2.24) is 0 Å². The van der Waals surface area contributed by atoms with Gasteiger partial charge in [-0.05, 0) is 66.0 Å². The molecule has 4 nitrogen and oxygen atoms in total. The summed E-state index contributed by atoms with van der Waals surface area (Å²) < 4.78 is 5.95. The van der Waals surface area contributed by atoms with Crippen LogP contribution in [0.3, 0.4) is 0 Å². The number of benzene rings is 2. The number of hydrogen-bond acceptors (Lipinski definition) is 7. The lowest BCUT2D eigenvalue weighted by molar-refractivity contribution is -0.200. The highest BCUT2D eigenvalue weighted by Crippen LogP contribution is 2.37. The van der Waals surface area contributed by atoms with Gasteiger partial charge in [-0.15, -0.1) is 34.9 Å².